The molecule has 20 heavy (non-hydrogen) atoms. The second kappa shape index (κ2) is 4.77. The van der Waals surface area contributed by atoms with E-state index in [1.807, 2.05) is 25.1 Å². The van der Waals surface area contributed by atoms with E-state index >= 15 is 0 Å². The van der Waals surface area contributed by atoms with E-state index in [4.69, 9.17) is 4.74 Å². The van der Waals surface area contributed by atoms with Crippen LogP contribution in [-0.2, 0) is 9.84 Å². The molecule has 0 amide bonds. The molecule has 0 aliphatic heterocycles. The summed E-state index contributed by atoms with van der Waals surface area (Å²) in [5.41, 5.74) is 1.03. The topological polar surface area (TPSA) is 43.4 Å². The lowest BCUT2D eigenvalue weighted by molar-refractivity contribution is 0.412. The lowest BCUT2D eigenvalue weighted by Crippen LogP contribution is -2.27. The van der Waals surface area contributed by atoms with Crippen LogP contribution in [0.25, 0.3) is 10.8 Å². The van der Waals surface area contributed by atoms with Crippen LogP contribution in [0.2, 0.25) is 0 Å². The number of hydrogen-bond acceptors (Lipinski definition) is 3. The van der Waals surface area contributed by atoms with Crippen molar-refractivity contribution in [2.75, 3.05) is 7.11 Å². The molecule has 0 saturated carbocycles. The van der Waals surface area contributed by atoms with Crippen LogP contribution in [0.3, 0.4) is 0 Å². The summed E-state index contributed by atoms with van der Waals surface area (Å²) in [6, 6.07) is 9.13. The maximum Gasteiger partial charge on any atom is 0.183 e. The molecule has 0 saturated heterocycles. The Morgan fingerprint density at radius 3 is 2.20 bits per heavy atom. The van der Waals surface area contributed by atoms with Gasteiger partial charge in [-0.25, -0.2) is 8.42 Å². The van der Waals surface area contributed by atoms with Crippen LogP contribution in [0.1, 0.15) is 26.3 Å². The lowest BCUT2D eigenvalue weighted by atomic mass is 10.1. The molecule has 0 aliphatic carbocycles. The first-order valence-corrected chi connectivity index (χ1v) is 7.98. The van der Waals surface area contributed by atoms with Gasteiger partial charge in [-0.05, 0) is 68.3 Å². The Hall–Kier alpha value is -1.55. The number of hydrogen-bond donors (Lipinski definition) is 0. The summed E-state index contributed by atoms with van der Waals surface area (Å²) >= 11 is 0. The van der Waals surface area contributed by atoms with Gasteiger partial charge < -0.3 is 4.74 Å². The number of rotatable bonds is 2. The fourth-order valence-corrected chi connectivity index (χ4v) is 3.35. The Morgan fingerprint density at radius 1 is 1.00 bits per heavy atom. The highest BCUT2D eigenvalue weighted by Gasteiger charge is 2.30. The van der Waals surface area contributed by atoms with Crippen LogP contribution in [0, 0.1) is 6.92 Å². The highest BCUT2D eigenvalue weighted by Crippen LogP contribution is 2.30. The van der Waals surface area contributed by atoms with Crippen molar-refractivity contribution < 1.29 is 13.2 Å². The molecule has 2 aromatic carbocycles. The quantitative estimate of drug-likeness (QED) is 0.847. The molecule has 0 heterocycles. The maximum atomic E-state index is 12.5. The van der Waals surface area contributed by atoms with E-state index < -0.39 is 14.6 Å². The van der Waals surface area contributed by atoms with Crippen molar-refractivity contribution in [3.63, 3.8) is 0 Å². The molecule has 3 nitrogen and oxygen atoms in total. The monoisotopic (exact) mass is 292 g/mol. The largest absolute Gasteiger partial charge is 0.496 e. The molecule has 0 fully saturated rings. The van der Waals surface area contributed by atoms with Crippen LogP contribution in [-0.4, -0.2) is 20.3 Å². The molecule has 0 radical (unpaired) electrons. The summed E-state index contributed by atoms with van der Waals surface area (Å²) < 4.78 is 29.5. The SMILES string of the molecule is COc1cc2cc(S(=O)(=O)C(C)(C)C)ccc2cc1C. The summed E-state index contributed by atoms with van der Waals surface area (Å²) in [7, 11) is -1.72. The first-order chi connectivity index (χ1) is 9.16. The molecule has 2 aromatic rings. The predicted molar refractivity (Wildman–Crippen MR) is 82.2 cm³/mol. The van der Waals surface area contributed by atoms with Gasteiger partial charge in [0, 0.05) is 0 Å². The minimum absolute atomic E-state index is 0.350. The van der Waals surface area contributed by atoms with Crippen LogP contribution in [0.15, 0.2) is 35.2 Å². The van der Waals surface area contributed by atoms with E-state index in [0.29, 0.717) is 4.90 Å². The van der Waals surface area contributed by atoms with E-state index in [1.54, 1.807) is 40.0 Å². The summed E-state index contributed by atoms with van der Waals surface area (Å²) in [6.07, 6.45) is 0. The van der Waals surface area contributed by atoms with Crippen molar-refractivity contribution in [3.8, 4) is 5.75 Å². The lowest BCUT2D eigenvalue weighted by Gasteiger charge is -2.19. The summed E-state index contributed by atoms with van der Waals surface area (Å²) in [4.78, 5) is 0.350. The first kappa shape index (κ1) is 14.9. The molecule has 0 atom stereocenters. The summed E-state index contributed by atoms with van der Waals surface area (Å²) in [5, 5.41) is 1.88. The number of aryl methyl sites for hydroxylation is 1. The Bertz CT molecular complexity index is 753. The number of benzene rings is 2. The van der Waals surface area contributed by atoms with E-state index in [-0.39, 0.29) is 0 Å². The fraction of sp³-hybridized carbons (Fsp3) is 0.375. The number of sulfone groups is 1. The Kier molecular flexibility index (Phi) is 3.54. The molecule has 0 aliphatic rings. The third-order valence-corrected chi connectivity index (χ3v) is 5.93. The van der Waals surface area contributed by atoms with Crippen molar-refractivity contribution in [2.24, 2.45) is 0 Å². The van der Waals surface area contributed by atoms with E-state index in [2.05, 4.69) is 0 Å². The van der Waals surface area contributed by atoms with Crippen molar-refractivity contribution in [1.82, 2.24) is 0 Å². The van der Waals surface area contributed by atoms with E-state index in [1.165, 1.54) is 0 Å². The molecule has 0 aromatic heterocycles. The predicted octanol–water partition coefficient (Wildman–Crippen LogP) is 3.73. The molecule has 0 unspecified atom stereocenters. The van der Waals surface area contributed by atoms with Gasteiger partial charge in [0.25, 0.3) is 0 Å². The number of methoxy groups -OCH3 is 1. The molecule has 0 spiro atoms. The summed E-state index contributed by atoms with van der Waals surface area (Å²) in [6.45, 7) is 7.10. The Morgan fingerprint density at radius 2 is 1.65 bits per heavy atom. The molecule has 108 valence electrons. The van der Waals surface area contributed by atoms with Gasteiger partial charge >= 0.3 is 0 Å². The second-order valence-electron chi connectivity index (χ2n) is 5.95. The minimum Gasteiger partial charge on any atom is -0.496 e. The molecular formula is C16H20O3S. The van der Waals surface area contributed by atoms with Gasteiger partial charge in [-0.1, -0.05) is 6.07 Å². The third kappa shape index (κ3) is 2.40. The average Bonchev–Trinajstić information content (AvgIpc) is 2.35. The average molecular weight is 292 g/mol. The van der Waals surface area contributed by atoms with Crippen LogP contribution >= 0.6 is 0 Å². The number of fused-ring (bicyclic) bond motifs is 1. The first-order valence-electron chi connectivity index (χ1n) is 6.50. The van der Waals surface area contributed by atoms with Crippen molar-refractivity contribution in [2.45, 2.75) is 37.3 Å². The van der Waals surface area contributed by atoms with Crippen LogP contribution in [0.4, 0.5) is 0 Å². The zero-order valence-electron chi connectivity index (χ0n) is 12.5. The van der Waals surface area contributed by atoms with Crippen LogP contribution in [0.5, 0.6) is 5.75 Å². The Labute approximate surface area is 120 Å². The highest BCUT2D eigenvalue weighted by molar-refractivity contribution is 7.92. The molecule has 0 N–H and O–H groups in total. The molecular weight excluding hydrogens is 272 g/mol. The Balaban J connectivity index is 2.68. The van der Waals surface area contributed by atoms with Crippen LogP contribution < -0.4 is 4.74 Å². The normalized spacial score (nSPS) is 12.7. The van der Waals surface area contributed by atoms with Gasteiger partial charge in [-0.3, -0.25) is 0 Å². The van der Waals surface area contributed by atoms with Gasteiger partial charge in [0.1, 0.15) is 5.75 Å². The summed E-state index contributed by atoms with van der Waals surface area (Å²) in [5.74, 6) is 0.766. The second-order valence-corrected chi connectivity index (χ2v) is 8.65. The van der Waals surface area contributed by atoms with Crippen molar-refractivity contribution in [3.05, 3.63) is 35.9 Å². The van der Waals surface area contributed by atoms with Gasteiger partial charge in [0.05, 0.1) is 16.8 Å². The van der Waals surface area contributed by atoms with Gasteiger partial charge in [0.15, 0.2) is 9.84 Å². The number of ether oxygens (including phenoxy) is 1. The van der Waals surface area contributed by atoms with Crippen molar-refractivity contribution in [1.29, 1.82) is 0 Å². The molecule has 0 bridgehead atoms. The molecule has 4 heteroatoms. The van der Waals surface area contributed by atoms with Gasteiger partial charge in [0.2, 0.25) is 0 Å². The smallest absolute Gasteiger partial charge is 0.183 e. The van der Waals surface area contributed by atoms with Gasteiger partial charge in [-0.15, -0.1) is 0 Å². The standard InChI is InChI=1S/C16H20O3S/c1-11-8-12-6-7-14(20(17,18)16(2,3)4)9-13(12)10-15(11)19-5/h6-10H,1-5H3. The fourth-order valence-electron chi connectivity index (χ4n) is 2.11. The molecule has 2 rings (SSSR count). The van der Waals surface area contributed by atoms with E-state index in [9.17, 15) is 8.42 Å². The van der Waals surface area contributed by atoms with E-state index in [0.717, 1.165) is 22.1 Å². The zero-order chi connectivity index (χ0) is 15.1. The maximum absolute atomic E-state index is 12.5. The highest BCUT2D eigenvalue weighted by atomic mass is 32.2. The van der Waals surface area contributed by atoms with Crippen molar-refractivity contribution >= 4 is 20.6 Å². The minimum atomic E-state index is -3.34. The third-order valence-electron chi connectivity index (χ3n) is 3.44. The van der Waals surface area contributed by atoms with Gasteiger partial charge in [-0.2, -0.15) is 0 Å². The zero-order valence-corrected chi connectivity index (χ0v) is 13.3.